The molecule has 2 aromatic rings. The smallest absolute Gasteiger partial charge is 0.444 e. The van der Waals surface area contributed by atoms with Crippen LogP contribution in [0, 0.1) is 10.1 Å². The predicted molar refractivity (Wildman–Crippen MR) is 93.2 cm³/mol. The van der Waals surface area contributed by atoms with E-state index in [0.717, 1.165) is 36.4 Å². The molecule has 0 spiro atoms. The molecule has 1 amide bonds. The highest BCUT2D eigenvalue weighted by atomic mass is 35.5. The fourth-order valence-electron chi connectivity index (χ4n) is 2.34. The van der Waals surface area contributed by atoms with Crippen molar-refractivity contribution in [3.63, 3.8) is 0 Å². The monoisotopic (exact) mass is 474 g/mol. The molecular formula is C17H10ClF7N2O4. The zero-order chi connectivity index (χ0) is 23.6. The van der Waals surface area contributed by atoms with Gasteiger partial charge < -0.3 is 4.74 Å². The third-order valence-electron chi connectivity index (χ3n) is 3.84. The molecule has 0 aliphatic carbocycles. The zero-order valence-electron chi connectivity index (χ0n) is 14.9. The van der Waals surface area contributed by atoms with E-state index in [9.17, 15) is 45.6 Å². The Labute approximate surface area is 173 Å². The molecule has 0 atom stereocenters. The first-order valence-electron chi connectivity index (χ1n) is 7.96. The molecule has 0 bridgehead atoms. The van der Waals surface area contributed by atoms with Crippen LogP contribution >= 0.6 is 11.6 Å². The first-order chi connectivity index (χ1) is 14.2. The number of non-ortho nitro benzene ring substituents is 1. The van der Waals surface area contributed by atoms with Crippen molar-refractivity contribution in [2.45, 2.75) is 24.8 Å². The van der Waals surface area contributed by atoms with Gasteiger partial charge in [0, 0.05) is 17.2 Å². The molecule has 31 heavy (non-hydrogen) atoms. The first kappa shape index (κ1) is 24.2. The van der Waals surface area contributed by atoms with E-state index < -0.39 is 46.4 Å². The second-order valence-electron chi connectivity index (χ2n) is 5.91. The van der Waals surface area contributed by atoms with Crippen molar-refractivity contribution >= 4 is 29.1 Å². The quantitative estimate of drug-likeness (QED) is 0.224. The number of anilines is 1. The lowest BCUT2D eigenvalue weighted by molar-refractivity contribution is -0.384. The summed E-state index contributed by atoms with van der Waals surface area (Å²) in [6.45, 7) is -0.896. The summed E-state index contributed by atoms with van der Waals surface area (Å²) in [6, 6.07) is 6.86. The van der Waals surface area contributed by atoms with Crippen LogP contribution in [-0.4, -0.2) is 29.2 Å². The molecule has 0 aliphatic rings. The van der Waals surface area contributed by atoms with Gasteiger partial charge in [-0.1, -0.05) is 11.6 Å². The van der Waals surface area contributed by atoms with Gasteiger partial charge in [0.05, 0.1) is 10.6 Å². The molecule has 0 N–H and O–H groups in total. The molecule has 2 aromatic carbocycles. The molecule has 0 fully saturated rings. The van der Waals surface area contributed by atoms with E-state index in [4.69, 9.17) is 11.6 Å². The number of hydrogen-bond donors (Lipinski definition) is 0. The molecule has 0 aliphatic heterocycles. The lowest BCUT2D eigenvalue weighted by Crippen LogP contribution is -2.66. The van der Waals surface area contributed by atoms with Crippen LogP contribution in [0.2, 0.25) is 5.02 Å². The van der Waals surface area contributed by atoms with Crippen LogP contribution in [0.5, 0.6) is 0 Å². The molecule has 0 saturated carbocycles. The number of carbonyl (C=O) groups excluding carboxylic acids is 1. The largest absolute Gasteiger partial charge is 0.452 e. The Balaban J connectivity index is 2.43. The Hall–Kier alpha value is -3.09. The highest BCUT2D eigenvalue weighted by molar-refractivity contribution is 6.30. The molecule has 168 valence electrons. The number of amides is 1. The maximum absolute atomic E-state index is 14.6. The Morgan fingerprint density at radius 2 is 1.42 bits per heavy atom. The number of hydrogen-bond acceptors (Lipinski definition) is 4. The fourth-order valence-corrected chi connectivity index (χ4v) is 2.46. The molecule has 0 saturated heterocycles. The molecule has 0 radical (unpaired) electrons. The van der Waals surface area contributed by atoms with Crippen LogP contribution in [0.15, 0.2) is 48.5 Å². The minimum absolute atomic E-state index is 0.0153. The van der Waals surface area contributed by atoms with Gasteiger partial charge in [-0.3, -0.25) is 10.1 Å². The number of carbonyl (C=O) groups is 1. The number of benzene rings is 2. The van der Waals surface area contributed by atoms with E-state index in [0.29, 0.717) is 12.1 Å². The Bertz CT molecular complexity index is 933. The van der Waals surface area contributed by atoms with Crippen molar-refractivity contribution in [1.29, 1.82) is 0 Å². The van der Waals surface area contributed by atoms with E-state index in [2.05, 4.69) is 4.74 Å². The average molecular weight is 475 g/mol. The van der Waals surface area contributed by atoms with E-state index in [1.165, 1.54) is 0 Å². The summed E-state index contributed by atoms with van der Waals surface area (Å²) in [6.07, 6.45) is -15.5. The van der Waals surface area contributed by atoms with Crippen molar-refractivity contribution in [3.05, 3.63) is 69.2 Å². The lowest BCUT2D eigenvalue weighted by atomic mass is 10.1. The van der Waals surface area contributed by atoms with Gasteiger partial charge in [-0.05, 0) is 42.0 Å². The summed E-state index contributed by atoms with van der Waals surface area (Å²) in [5, 5.41) is 10.5. The summed E-state index contributed by atoms with van der Waals surface area (Å²) in [5.74, 6) is -6.12. The Morgan fingerprint density at radius 3 is 1.84 bits per heavy atom. The molecule has 6 nitrogen and oxygen atoms in total. The van der Waals surface area contributed by atoms with Crippen LogP contribution in [-0.2, 0) is 11.3 Å². The van der Waals surface area contributed by atoms with Gasteiger partial charge in [0.25, 0.3) is 5.69 Å². The van der Waals surface area contributed by atoms with Crippen LogP contribution in [0.1, 0.15) is 5.56 Å². The third-order valence-corrected chi connectivity index (χ3v) is 4.09. The summed E-state index contributed by atoms with van der Waals surface area (Å²) in [7, 11) is 0. The minimum atomic E-state index is -6.59. The minimum Gasteiger partial charge on any atom is -0.444 e. The Morgan fingerprint density at radius 1 is 0.935 bits per heavy atom. The van der Waals surface area contributed by atoms with Crippen molar-refractivity contribution in [3.8, 4) is 0 Å². The topological polar surface area (TPSA) is 72.7 Å². The van der Waals surface area contributed by atoms with E-state index >= 15 is 0 Å². The van der Waals surface area contributed by atoms with Crippen LogP contribution in [0.25, 0.3) is 0 Å². The van der Waals surface area contributed by atoms with Gasteiger partial charge in [-0.15, -0.1) is 0 Å². The van der Waals surface area contributed by atoms with Gasteiger partial charge in [0.2, 0.25) is 0 Å². The summed E-state index contributed by atoms with van der Waals surface area (Å²) in [4.78, 5) is 20.9. The fraction of sp³-hybridized carbons (Fsp3) is 0.235. The van der Waals surface area contributed by atoms with Crippen molar-refractivity contribution in [1.82, 2.24) is 0 Å². The molecular weight excluding hydrogens is 465 g/mol. The molecule has 0 unspecified atom stereocenters. The maximum atomic E-state index is 14.6. The zero-order valence-corrected chi connectivity index (χ0v) is 15.6. The number of alkyl halides is 7. The first-order valence-corrected chi connectivity index (χ1v) is 8.34. The summed E-state index contributed by atoms with van der Waals surface area (Å²) in [5.41, 5.74) is -1.51. The van der Waals surface area contributed by atoms with Gasteiger partial charge in [-0.2, -0.15) is 30.7 Å². The lowest BCUT2D eigenvalue weighted by Gasteiger charge is -2.38. The normalized spacial score (nSPS) is 12.4. The highest BCUT2D eigenvalue weighted by Crippen LogP contribution is 2.50. The number of nitro groups is 1. The van der Waals surface area contributed by atoms with Crippen molar-refractivity contribution in [2.24, 2.45) is 0 Å². The van der Waals surface area contributed by atoms with Crippen LogP contribution in [0.4, 0.5) is 46.9 Å². The van der Waals surface area contributed by atoms with E-state index in [1.54, 1.807) is 0 Å². The maximum Gasteiger partial charge on any atom is 0.452 e. The second kappa shape index (κ2) is 8.57. The van der Waals surface area contributed by atoms with Crippen molar-refractivity contribution < 1.29 is 45.2 Å². The average Bonchev–Trinajstić information content (AvgIpc) is 2.66. The van der Waals surface area contributed by atoms with Crippen molar-refractivity contribution in [2.75, 3.05) is 4.90 Å². The van der Waals surface area contributed by atoms with Gasteiger partial charge >= 0.3 is 24.2 Å². The molecule has 14 heteroatoms. The number of halogens is 8. The second-order valence-corrected chi connectivity index (χ2v) is 6.34. The SMILES string of the molecule is O=C(OCc1ccc([N+](=O)[O-])cc1)N(c1ccc(Cl)cc1)C(F)(C(F)(F)F)C(F)(F)F. The number of ether oxygens (including phenoxy) is 1. The number of nitro benzene ring substituents is 1. The molecule has 2 rings (SSSR count). The standard InChI is InChI=1S/C17H10ClF7N2O4/c18-11-3-7-12(8-4-11)26(15(19,16(20,21)22)17(23,24)25)14(28)31-9-10-1-5-13(6-2-10)27(29)30/h1-8H,9H2. The number of rotatable bonds is 5. The molecule has 0 heterocycles. The molecule has 0 aromatic heterocycles. The van der Waals surface area contributed by atoms with Gasteiger partial charge in [-0.25, -0.2) is 9.69 Å². The van der Waals surface area contributed by atoms with Gasteiger partial charge in [0.15, 0.2) is 0 Å². The van der Waals surface area contributed by atoms with E-state index in [-0.39, 0.29) is 16.3 Å². The van der Waals surface area contributed by atoms with Crippen LogP contribution in [0.3, 0.4) is 0 Å². The third kappa shape index (κ3) is 4.98. The van der Waals surface area contributed by atoms with Gasteiger partial charge in [0.1, 0.15) is 6.61 Å². The Kier molecular flexibility index (Phi) is 6.69. The highest BCUT2D eigenvalue weighted by Gasteiger charge is 2.78. The number of nitrogens with zero attached hydrogens (tertiary/aromatic N) is 2. The predicted octanol–water partition coefficient (Wildman–Crippen LogP) is 6.18. The van der Waals surface area contributed by atoms with E-state index in [1.807, 2.05) is 0 Å². The van der Waals surface area contributed by atoms with Crippen LogP contribution < -0.4 is 4.90 Å². The summed E-state index contributed by atoms with van der Waals surface area (Å²) < 4.78 is 98.4. The summed E-state index contributed by atoms with van der Waals surface area (Å²) >= 11 is 5.55.